The summed E-state index contributed by atoms with van der Waals surface area (Å²) in [5.74, 6) is -1.98. The minimum atomic E-state index is -1.00. The van der Waals surface area contributed by atoms with Crippen molar-refractivity contribution in [3.05, 3.63) is 35.9 Å². The monoisotopic (exact) mass is 457 g/mol. The molecule has 33 heavy (non-hydrogen) atoms. The van der Waals surface area contributed by atoms with E-state index in [0.29, 0.717) is 38.8 Å². The number of rotatable bonds is 9. The van der Waals surface area contributed by atoms with Crippen LogP contribution in [0.3, 0.4) is 0 Å². The molecule has 3 saturated heterocycles. The number of likely N-dealkylation sites (tertiary alicyclic amines) is 1. The predicted octanol–water partition coefficient (Wildman–Crippen LogP) is 1.36. The lowest BCUT2D eigenvalue weighted by Crippen LogP contribution is -2.56. The number of nitrogens with one attached hydrogen (secondary N) is 2. The van der Waals surface area contributed by atoms with E-state index in [1.54, 1.807) is 4.90 Å². The molecule has 0 aliphatic carbocycles. The van der Waals surface area contributed by atoms with Crippen LogP contribution in [0.2, 0.25) is 0 Å². The van der Waals surface area contributed by atoms with Gasteiger partial charge in [0.15, 0.2) is 0 Å². The number of hydrogen-bond donors (Lipinski definition) is 3. The Bertz CT molecular complexity index is 907. The second kappa shape index (κ2) is 9.06. The Morgan fingerprint density at radius 3 is 2.58 bits per heavy atom. The van der Waals surface area contributed by atoms with Gasteiger partial charge in [0.25, 0.3) is 0 Å². The van der Waals surface area contributed by atoms with Gasteiger partial charge in [-0.3, -0.25) is 14.4 Å². The van der Waals surface area contributed by atoms with Crippen molar-refractivity contribution in [2.75, 3.05) is 13.2 Å². The third kappa shape index (κ3) is 4.04. The first-order valence-electron chi connectivity index (χ1n) is 12.0. The van der Waals surface area contributed by atoms with Crippen LogP contribution in [-0.2, 0) is 25.7 Å². The average Bonchev–Trinajstić information content (AvgIpc) is 3.33. The molecule has 3 amide bonds. The largest absolute Gasteiger partial charge is 0.396 e. The standard InChI is InChI=1S/C25H35N3O5/c1-16(2)27-22(31)20-25-12-11-24(3,33-25)18(19(25)23(32)28(20)13-7-8-14-29)21(30)26-15-17-9-5-4-6-10-17/h4-6,9-10,16,18-20,29H,7-8,11-15H2,1-3H3,(H,26,30)(H,27,31)/t18-,19+,20?,24+,25?/m1/s1. The second-order valence-electron chi connectivity index (χ2n) is 10.1. The van der Waals surface area contributed by atoms with Gasteiger partial charge in [-0.05, 0) is 52.0 Å². The first kappa shape index (κ1) is 23.7. The van der Waals surface area contributed by atoms with Gasteiger partial charge in [-0.2, -0.15) is 0 Å². The van der Waals surface area contributed by atoms with Gasteiger partial charge >= 0.3 is 0 Å². The van der Waals surface area contributed by atoms with Crippen LogP contribution in [0.1, 0.15) is 52.0 Å². The van der Waals surface area contributed by atoms with Crippen LogP contribution < -0.4 is 10.6 Å². The van der Waals surface area contributed by atoms with E-state index in [-0.39, 0.29) is 30.4 Å². The van der Waals surface area contributed by atoms with Crippen LogP contribution in [0, 0.1) is 11.8 Å². The van der Waals surface area contributed by atoms with Crippen LogP contribution in [0.5, 0.6) is 0 Å². The molecular weight excluding hydrogens is 422 g/mol. The Labute approximate surface area is 195 Å². The minimum Gasteiger partial charge on any atom is -0.396 e. The van der Waals surface area contributed by atoms with Crippen molar-refractivity contribution in [2.24, 2.45) is 11.8 Å². The highest BCUT2D eigenvalue weighted by molar-refractivity contribution is 5.99. The fourth-order valence-corrected chi connectivity index (χ4v) is 6.02. The quantitative estimate of drug-likeness (QED) is 0.486. The van der Waals surface area contributed by atoms with Crippen molar-refractivity contribution < 1.29 is 24.2 Å². The number of aliphatic hydroxyl groups is 1. The molecule has 3 heterocycles. The highest BCUT2D eigenvalue weighted by atomic mass is 16.5. The molecule has 2 unspecified atom stereocenters. The molecule has 180 valence electrons. The number of nitrogens with zero attached hydrogens (tertiary/aromatic N) is 1. The molecule has 0 saturated carbocycles. The van der Waals surface area contributed by atoms with Crippen LogP contribution in [0.15, 0.2) is 30.3 Å². The number of benzene rings is 1. The number of hydrogen-bond acceptors (Lipinski definition) is 5. The Kier molecular flexibility index (Phi) is 6.51. The fourth-order valence-electron chi connectivity index (χ4n) is 6.02. The van der Waals surface area contributed by atoms with Crippen molar-refractivity contribution in [3.8, 4) is 0 Å². The van der Waals surface area contributed by atoms with Gasteiger partial charge in [0.2, 0.25) is 17.7 Å². The molecule has 0 aromatic heterocycles. The summed E-state index contributed by atoms with van der Waals surface area (Å²) in [6.45, 7) is 6.41. The third-order valence-electron chi connectivity index (χ3n) is 7.36. The Morgan fingerprint density at radius 2 is 1.91 bits per heavy atom. The summed E-state index contributed by atoms with van der Waals surface area (Å²) in [5.41, 5.74) is -0.805. The van der Waals surface area contributed by atoms with E-state index in [1.165, 1.54) is 0 Å². The predicted molar refractivity (Wildman–Crippen MR) is 122 cm³/mol. The molecule has 5 atom stereocenters. The van der Waals surface area contributed by atoms with E-state index in [9.17, 15) is 19.5 Å². The van der Waals surface area contributed by atoms with Gasteiger partial charge in [-0.25, -0.2) is 0 Å². The Morgan fingerprint density at radius 1 is 1.18 bits per heavy atom. The molecule has 3 aliphatic rings. The molecular formula is C25H35N3O5. The highest BCUT2D eigenvalue weighted by Crippen LogP contribution is 2.63. The number of carbonyl (C=O) groups is 3. The molecule has 1 aromatic carbocycles. The smallest absolute Gasteiger partial charge is 0.246 e. The summed E-state index contributed by atoms with van der Waals surface area (Å²) in [5, 5.41) is 15.2. The van der Waals surface area contributed by atoms with E-state index >= 15 is 0 Å². The number of unbranched alkanes of at least 4 members (excludes halogenated alkanes) is 1. The topological polar surface area (TPSA) is 108 Å². The molecule has 2 bridgehead atoms. The normalized spacial score (nSPS) is 32.3. The van der Waals surface area contributed by atoms with Crippen LogP contribution in [0.4, 0.5) is 0 Å². The zero-order chi connectivity index (χ0) is 23.8. The van der Waals surface area contributed by atoms with E-state index in [2.05, 4.69) is 10.6 Å². The molecule has 3 aliphatic heterocycles. The van der Waals surface area contributed by atoms with E-state index in [4.69, 9.17) is 4.74 Å². The zero-order valence-electron chi connectivity index (χ0n) is 19.7. The second-order valence-corrected chi connectivity index (χ2v) is 10.1. The van der Waals surface area contributed by atoms with Crippen molar-refractivity contribution in [1.29, 1.82) is 0 Å². The van der Waals surface area contributed by atoms with Gasteiger partial charge in [0.1, 0.15) is 11.6 Å². The van der Waals surface area contributed by atoms with Crippen molar-refractivity contribution >= 4 is 17.7 Å². The average molecular weight is 458 g/mol. The number of carbonyl (C=O) groups excluding carboxylic acids is 3. The van der Waals surface area contributed by atoms with E-state index in [0.717, 1.165) is 5.56 Å². The lowest BCUT2D eigenvalue weighted by molar-refractivity contribution is -0.146. The summed E-state index contributed by atoms with van der Waals surface area (Å²) in [4.78, 5) is 42.1. The van der Waals surface area contributed by atoms with Crippen molar-refractivity contribution in [3.63, 3.8) is 0 Å². The summed E-state index contributed by atoms with van der Waals surface area (Å²) in [6.07, 6.45) is 2.31. The third-order valence-corrected chi connectivity index (χ3v) is 7.36. The van der Waals surface area contributed by atoms with Gasteiger partial charge in [-0.15, -0.1) is 0 Å². The van der Waals surface area contributed by atoms with Gasteiger partial charge < -0.3 is 25.4 Å². The summed E-state index contributed by atoms with van der Waals surface area (Å²) < 4.78 is 6.55. The SMILES string of the molecule is CC(C)NC(=O)C1N(CCCCO)C(=O)[C@@H]2[C@H](C(=O)NCc3ccccc3)[C@]3(C)CCC12O3. The fraction of sp³-hybridized carbons (Fsp3) is 0.640. The zero-order valence-corrected chi connectivity index (χ0v) is 19.7. The molecule has 8 heteroatoms. The van der Waals surface area contributed by atoms with E-state index < -0.39 is 29.1 Å². The molecule has 1 spiro atoms. The molecule has 8 nitrogen and oxygen atoms in total. The lowest BCUT2D eigenvalue weighted by Gasteiger charge is -2.34. The summed E-state index contributed by atoms with van der Waals surface area (Å²) in [6, 6.07) is 8.78. The number of ether oxygens (including phenoxy) is 1. The number of amides is 3. The first-order valence-corrected chi connectivity index (χ1v) is 12.0. The van der Waals surface area contributed by atoms with Crippen LogP contribution in [0.25, 0.3) is 0 Å². The Balaban J connectivity index is 1.62. The van der Waals surface area contributed by atoms with Crippen LogP contribution in [-0.4, -0.2) is 64.2 Å². The van der Waals surface area contributed by atoms with E-state index in [1.807, 2.05) is 51.1 Å². The van der Waals surface area contributed by atoms with Crippen molar-refractivity contribution in [1.82, 2.24) is 15.5 Å². The highest BCUT2D eigenvalue weighted by Gasteiger charge is 2.77. The number of fused-ring (bicyclic) bond motifs is 1. The molecule has 3 fully saturated rings. The molecule has 0 radical (unpaired) electrons. The van der Waals surface area contributed by atoms with Crippen molar-refractivity contribution in [2.45, 2.75) is 76.3 Å². The maximum atomic E-state index is 13.7. The van der Waals surface area contributed by atoms with Gasteiger partial charge in [-0.1, -0.05) is 30.3 Å². The molecule has 4 rings (SSSR count). The molecule has 1 aromatic rings. The summed E-state index contributed by atoms with van der Waals surface area (Å²) in [7, 11) is 0. The summed E-state index contributed by atoms with van der Waals surface area (Å²) >= 11 is 0. The minimum absolute atomic E-state index is 0.0263. The maximum absolute atomic E-state index is 13.7. The molecule has 3 N–H and O–H groups in total. The van der Waals surface area contributed by atoms with Crippen LogP contribution >= 0.6 is 0 Å². The Hall–Kier alpha value is -2.45. The number of aliphatic hydroxyl groups excluding tert-OH is 1. The van der Waals surface area contributed by atoms with Gasteiger partial charge in [0.05, 0.1) is 17.4 Å². The first-order chi connectivity index (χ1) is 15.7. The van der Waals surface area contributed by atoms with Gasteiger partial charge in [0, 0.05) is 25.7 Å². The lowest BCUT2D eigenvalue weighted by atomic mass is 9.66. The maximum Gasteiger partial charge on any atom is 0.246 e.